The maximum absolute atomic E-state index is 6.20. The van der Waals surface area contributed by atoms with Crippen LogP contribution in [-0.2, 0) is 0 Å². The molecular formula is C34H20N2O2. The number of para-hydroxylation sites is 2. The van der Waals surface area contributed by atoms with Gasteiger partial charge in [0.15, 0.2) is 11.5 Å². The first-order chi connectivity index (χ1) is 18.8. The maximum atomic E-state index is 6.20. The number of fused-ring (bicyclic) bond motifs is 5. The number of benzene rings is 6. The van der Waals surface area contributed by atoms with Gasteiger partial charge in [-0.05, 0) is 68.1 Å². The summed E-state index contributed by atoms with van der Waals surface area (Å²) in [6.07, 6.45) is 0. The highest BCUT2D eigenvalue weighted by molar-refractivity contribution is 6.09. The van der Waals surface area contributed by atoms with Gasteiger partial charge in [-0.2, -0.15) is 0 Å². The van der Waals surface area contributed by atoms with Crippen molar-refractivity contribution >= 4 is 32.6 Å². The minimum atomic E-state index is 0.379. The molecule has 0 N–H and O–H groups in total. The van der Waals surface area contributed by atoms with Crippen LogP contribution in [0.5, 0.6) is 23.3 Å². The maximum Gasteiger partial charge on any atom is 0.284 e. The molecule has 1 aromatic heterocycles. The molecule has 1 aliphatic heterocycles. The number of nitrogens with zero attached hydrogens (tertiary/aromatic N) is 2. The third-order valence-corrected chi connectivity index (χ3v) is 7.18. The van der Waals surface area contributed by atoms with E-state index in [1.54, 1.807) is 0 Å². The average Bonchev–Trinajstić information content (AvgIpc) is 2.98. The van der Waals surface area contributed by atoms with Gasteiger partial charge in [0.2, 0.25) is 0 Å². The lowest BCUT2D eigenvalue weighted by Crippen LogP contribution is -2.03. The fraction of sp³-hybridized carbons (Fsp3) is 0. The summed E-state index contributed by atoms with van der Waals surface area (Å²) in [6, 6.07) is 41.8. The van der Waals surface area contributed by atoms with Gasteiger partial charge in [-0.15, -0.1) is 0 Å². The Hall–Kier alpha value is -5.22. The first kappa shape index (κ1) is 20.9. The van der Waals surface area contributed by atoms with E-state index in [2.05, 4.69) is 94.9 Å². The molecule has 38 heavy (non-hydrogen) atoms. The van der Waals surface area contributed by atoms with E-state index in [0.29, 0.717) is 23.3 Å². The zero-order valence-corrected chi connectivity index (χ0v) is 20.3. The second-order valence-corrected chi connectivity index (χ2v) is 9.42. The van der Waals surface area contributed by atoms with Gasteiger partial charge < -0.3 is 9.47 Å². The van der Waals surface area contributed by atoms with Gasteiger partial charge in [0.05, 0.1) is 11.0 Å². The molecule has 0 saturated heterocycles. The Bertz CT molecular complexity index is 2040. The highest BCUT2D eigenvalue weighted by atomic mass is 16.6. The van der Waals surface area contributed by atoms with E-state index in [4.69, 9.17) is 9.47 Å². The highest BCUT2D eigenvalue weighted by Gasteiger charge is 2.23. The lowest BCUT2D eigenvalue weighted by Gasteiger charge is -2.20. The minimum absolute atomic E-state index is 0.379. The number of rotatable bonds is 2. The summed E-state index contributed by atoms with van der Waals surface area (Å²) in [5.41, 5.74) is 6.17. The Balaban J connectivity index is 1.25. The van der Waals surface area contributed by atoms with Gasteiger partial charge in [0.25, 0.3) is 11.8 Å². The molecule has 0 amide bonds. The average molecular weight is 489 g/mol. The molecule has 0 spiro atoms. The molecule has 178 valence electrons. The van der Waals surface area contributed by atoms with Crippen LogP contribution in [0.2, 0.25) is 0 Å². The van der Waals surface area contributed by atoms with Crippen LogP contribution in [0, 0.1) is 0 Å². The second-order valence-electron chi connectivity index (χ2n) is 9.42. The Morgan fingerprint density at radius 1 is 0.421 bits per heavy atom. The number of hydrogen-bond donors (Lipinski definition) is 0. The monoisotopic (exact) mass is 488 g/mol. The van der Waals surface area contributed by atoms with Crippen molar-refractivity contribution in [1.82, 2.24) is 9.97 Å². The van der Waals surface area contributed by atoms with Crippen LogP contribution in [-0.4, -0.2) is 9.97 Å². The zero-order valence-electron chi connectivity index (χ0n) is 20.3. The summed E-state index contributed by atoms with van der Waals surface area (Å²) in [5.74, 6) is 2.02. The number of hydrogen-bond acceptors (Lipinski definition) is 4. The first-order valence-electron chi connectivity index (χ1n) is 12.6. The van der Waals surface area contributed by atoms with Crippen LogP contribution in [0.4, 0.5) is 0 Å². The van der Waals surface area contributed by atoms with Gasteiger partial charge in [-0.3, -0.25) is 0 Å². The van der Waals surface area contributed by atoms with E-state index in [0.717, 1.165) is 22.2 Å². The van der Waals surface area contributed by atoms with E-state index in [-0.39, 0.29) is 0 Å². The van der Waals surface area contributed by atoms with Crippen molar-refractivity contribution in [3.63, 3.8) is 0 Å². The largest absolute Gasteiger partial charge is 0.431 e. The van der Waals surface area contributed by atoms with Crippen LogP contribution in [0.15, 0.2) is 121 Å². The van der Waals surface area contributed by atoms with Crippen LogP contribution in [0.3, 0.4) is 0 Å². The summed E-state index contributed by atoms with van der Waals surface area (Å²) >= 11 is 0. The van der Waals surface area contributed by atoms with Crippen molar-refractivity contribution in [2.45, 2.75) is 0 Å². The van der Waals surface area contributed by atoms with Crippen molar-refractivity contribution < 1.29 is 9.47 Å². The molecule has 4 heteroatoms. The van der Waals surface area contributed by atoms with Crippen molar-refractivity contribution in [2.75, 3.05) is 0 Å². The number of aromatic nitrogens is 2. The molecule has 7 aromatic rings. The molecule has 2 heterocycles. The van der Waals surface area contributed by atoms with Crippen LogP contribution in [0.1, 0.15) is 0 Å². The summed E-state index contributed by atoms with van der Waals surface area (Å²) in [6.45, 7) is 0. The van der Waals surface area contributed by atoms with Crippen molar-refractivity contribution in [2.24, 2.45) is 0 Å². The lowest BCUT2D eigenvalue weighted by atomic mass is 9.90. The fourth-order valence-electron chi connectivity index (χ4n) is 5.39. The van der Waals surface area contributed by atoms with Crippen molar-refractivity contribution in [3.8, 4) is 45.5 Å². The highest BCUT2D eigenvalue weighted by Crippen LogP contribution is 2.46. The quantitative estimate of drug-likeness (QED) is 0.243. The van der Waals surface area contributed by atoms with Crippen LogP contribution >= 0.6 is 0 Å². The van der Waals surface area contributed by atoms with E-state index >= 15 is 0 Å². The fourth-order valence-corrected chi connectivity index (χ4v) is 5.39. The molecule has 0 bridgehead atoms. The Morgan fingerprint density at radius 3 is 1.79 bits per heavy atom. The van der Waals surface area contributed by atoms with E-state index < -0.39 is 0 Å². The van der Waals surface area contributed by atoms with Gasteiger partial charge in [-0.25, -0.2) is 9.97 Å². The smallest absolute Gasteiger partial charge is 0.284 e. The first-order valence-corrected chi connectivity index (χ1v) is 12.6. The van der Waals surface area contributed by atoms with Gasteiger partial charge in [-0.1, -0.05) is 97.1 Å². The molecule has 8 rings (SSSR count). The molecule has 0 saturated carbocycles. The lowest BCUT2D eigenvalue weighted by molar-refractivity contribution is 0.339. The summed E-state index contributed by atoms with van der Waals surface area (Å²) < 4.78 is 12.3. The third kappa shape index (κ3) is 3.24. The SMILES string of the molecule is c1ccc2c(-c3ccc(-c4ccc5c(c4)Oc4nc6ccccc6nc4O5)c4ccccc34)cccc2c1. The molecule has 1 aliphatic rings. The molecule has 4 nitrogen and oxygen atoms in total. The molecule has 0 atom stereocenters. The van der Waals surface area contributed by atoms with Gasteiger partial charge in [0.1, 0.15) is 0 Å². The summed E-state index contributed by atoms with van der Waals surface area (Å²) in [4.78, 5) is 9.21. The van der Waals surface area contributed by atoms with Crippen LogP contribution in [0.25, 0.3) is 54.8 Å². The molecule has 0 fully saturated rings. The standard InChI is InChI=1S/C34H20N2O2/c1-2-10-23-21(8-1)9-7-13-26(23)28-18-17-24(25-11-3-4-12-27(25)28)22-16-19-31-32(20-22)38-34-33(37-31)35-29-14-5-6-15-30(29)36-34/h1-20H. The second kappa shape index (κ2) is 8.15. The van der Waals surface area contributed by atoms with Gasteiger partial charge >= 0.3 is 0 Å². The molecule has 0 unspecified atom stereocenters. The minimum Gasteiger partial charge on any atom is -0.431 e. The Morgan fingerprint density at radius 2 is 1.00 bits per heavy atom. The predicted octanol–water partition coefficient (Wildman–Crippen LogP) is 9.17. The topological polar surface area (TPSA) is 44.2 Å². The molecule has 0 aliphatic carbocycles. The van der Waals surface area contributed by atoms with Crippen molar-refractivity contribution in [1.29, 1.82) is 0 Å². The Labute approximate surface area is 218 Å². The van der Waals surface area contributed by atoms with Gasteiger partial charge in [0, 0.05) is 0 Å². The zero-order chi connectivity index (χ0) is 25.1. The normalized spacial score (nSPS) is 12.1. The summed E-state index contributed by atoms with van der Waals surface area (Å²) in [5, 5.41) is 4.88. The molecular weight excluding hydrogens is 468 g/mol. The molecule has 6 aromatic carbocycles. The molecule has 0 radical (unpaired) electrons. The summed E-state index contributed by atoms with van der Waals surface area (Å²) in [7, 11) is 0. The van der Waals surface area contributed by atoms with E-state index in [1.807, 2.05) is 36.4 Å². The number of ether oxygens (including phenoxy) is 2. The van der Waals surface area contributed by atoms with E-state index in [1.165, 1.54) is 32.7 Å². The van der Waals surface area contributed by atoms with Crippen molar-refractivity contribution in [3.05, 3.63) is 121 Å². The van der Waals surface area contributed by atoms with E-state index in [9.17, 15) is 0 Å². The third-order valence-electron chi connectivity index (χ3n) is 7.18. The Kier molecular flexibility index (Phi) is 4.49. The predicted molar refractivity (Wildman–Crippen MR) is 152 cm³/mol. The van der Waals surface area contributed by atoms with Crippen LogP contribution < -0.4 is 9.47 Å².